The molecule has 7 nitrogen and oxygen atoms in total. The van der Waals surface area contributed by atoms with E-state index in [1.807, 2.05) is 47.4 Å². The normalized spacial score (nSPS) is 15.4. The molecule has 2 aliphatic heterocycles. The van der Waals surface area contributed by atoms with E-state index in [9.17, 15) is 4.79 Å². The molecule has 3 heterocycles. The summed E-state index contributed by atoms with van der Waals surface area (Å²) in [6.45, 7) is 8.65. The molecule has 0 unspecified atom stereocenters. The van der Waals surface area contributed by atoms with Crippen molar-refractivity contribution in [2.24, 2.45) is 0 Å². The van der Waals surface area contributed by atoms with Crippen LogP contribution in [-0.2, 0) is 6.42 Å². The van der Waals surface area contributed by atoms with Crippen LogP contribution in [0.15, 0.2) is 60.7 Å². The number of benzene rings is 3. The smallest absolute Gasteiger partial charge is 0.253 e. The van der Waals surface area contributed by atoms with Gasteiger partial charge >= 0.3 is 0 Å². The fourth-order valence-corrected chi connectivity index (χ4v) is 5.05. The van der Waals surface area contributed by atoms with Gasteiger partial charge in [-0.15, -0.1) is 0 Å². The first-order valence-corrected chi connectivity index (χ1v) is 12.8. The molecule has 1 saturated heterocycles. The van der Waals surface area contributed by atoms with Crippen LogP contribution in [0.5, 0.6) is 23.0 Å². The second-order valence-corrected chi connectivity index (χ2v) is 9.78. The second kappa shape index (κ2) is 9.82. The van der Waals surface area contributed by atoms with Crippen LogP contribution in [0.3, 0.4) is 0 Å². The number of ether oxygens (including phenoxy) is 3. The zero-order chi connectivity index (χ0) is 25.4. The number of rotatable bonds is 6. The molecule has 0 atom stereocenters. The first kappa shape index (κ1) is 23.4. The lowest BCUT2D eigenvalue weighted by Gasteiger charge is -2.34. The number of amides is 1. The monoisotopic (exact) mass is 497 g/mol. The van der Waals surface area contributed by atoms with E-state index in [1.54, 1.807) is 0 Å². The van der Waals surface area contributed by atoms with Gasteiger partial charge in [0.05, 0.1) is 0 Å². The van der Waals surface area contributed by atoms with Crippen molar-refractivity contribution < 1.29 is 19.0 Å². The molecule has 190 valence electrons. The van der Waals surface area contributed by atoms with Crippen molar-refractivity contribution in [1.82, 2.24) is 14.8 Å². The van der Waals surface area contributed by atoms with Crippen molar-refractivity contribution in [2.75, 3.05) is 39.5 Å². The molecule has 1 fully saturated rings. The van der Waals surface area contributed by atoms with Crippen LogP contribution in [0.2, 0.25) is 0 Å². The summed E-state index contributed by atoms with van der Waals surface area (Å²) in [4.78, 5) is 20.8. The number of carbonyl (C=O) groups excluding carboxylic acids is 1. The standard InChI is InChI=1S/C30H31N3O4/c1-20-21(2)31-27-9-8-25(18-26(20)27)37-24-6-4-23(5-7-24)30(34)33-15-13-32(14-16-33)12-11-22-3-10-28-29(17-22)36-19-35-28/h3-10,17-18,31H,11-16,19H2,1-2H3. The van der Waals surface area contributed by atoms with E-state index in [4.69, 9.17) is 14.2 Å². The Balaban J connectivity index is 1.01. The van der Waals surface area contributed by atoms with E-state index >= 15 is 0 Å². The number of H-pyrrole nitrogens is 1. The highest BCUT2D eigenvalue weighted by Crippen LogP contribution is 2.33. The number of hydrogen-bond donors (Lipinski definition) is 1. The summed E-state index contributed by atoms with van der Waals surface area (Å²) in [5.41, 5.74) is 5.43. The molecule has 3 aromatic carbocycles. The minimum absolute atomic E-state index is 0.0711. The number of piperazine rings is 1. The average molecular weight is 498 g/mol. The Hall–Kier alpha value is -3.97. The van der Waals surface area contributed by atoms with E-state index in [0.29, 0.717) is 18.1 Å². The van der Waals surface area contributed by atoms with Crippen molar-refractivity contribution in [3.8, 4) is 23.0 Å². The Kier molecular flexibility index (Phi) is 6.22. The maximum Gasteiger partial charge on any atom is 0.253 e. The number of nitrogens with zero attached hydrogens (tertiary/aromatic N) is 2. The van der Waals surface area contributed by atoms with Gasteiger partial charge in [-0.3, -0.25) is 9.69 Å². The summed E-state index contributed by atoms with van der Waals surface area (Å²) < 4.78 is 16.9. The van der Waals surface area contributed by atoms with Gasteiger partial charge in [0.2, 0.25) is 6.79 Å². The van der Waals surface area contributed by atoms with Crippen LogP contribution < -0.4 is 14.2 Å². The fraction of sp³-hybridized carbons (Fsp3) is 0.300. The fourth-order valence-electron chi connectivity index (χ4n) is 5.05. The van der Waals surface area contributed by atoms with Gasteiger partial charge in [0.1, 0.15) is 11.5 Å². The molecule has 1 amide bonds. The highest BCUT2D eigenvalue weighted by molar-refractivity contribution is 5.94. The SMILES string of the molecule is Cc1[nH]c2ccc(Oc3ccc(C(=O)N4CCN(CCc5ccc6c(c5)OCO6)CC4)cc3)cc2c1C. The van der Waals surface area contributed by atoms with Gasteiger partial charge < -0.3 is 24.1 Å². The zero-order valence-electron chi connectivity index (χ0n) is 21.3. The van der Waals surface area contributed by atoms with E-state index in [1.165, 1.54) is 16.8 Å². The Bertz CT molecular complexity index is 1440. The first-order chi connectivity index (χ1) is 18.0. The number of aromatic amines is 1. The maximum atomic E-state index is 13.1. The predicted molar refractivity (Wildman–Crippen MR) is 143 cm³/mol. The lowest BCUT2D eigenvalue weighted by Crippen LogP contribution is -2.49. The molecule has 2 aliphatic rings. The topological polar surface area (TPSA) is 67.0 Å². The lowest BCUT2D eigenvalue weighted by molar-refractivity contribution is 0.0638. The van der Waals surface area contributed by atoms with Crippen LogP contribution in [0, 0.1) is 13.8 Å². The van der Waals surface area contributed by atoms with E-state index in [0.717, 1.165) is 67.3 Å². The van der Waals surface area contributed by atoms with Gasteiger partial charge in [-0.25, -0.2) is 0 Å². The number of aromatic nitrogens is 1. The Morgan fingerprint density at radius 1 is 0.892 bits per heavy atom. The molecule has 1 N–H and O–H groups in total. The highest BCUT2D eigenvalue weighted by Gasteiger charge is 2.22. The first-order valence-electron chi connectivity index (χ1n) is 12.8. The van der Waals surface area contributed by atoms with Gasteiger partial charge in [0.15, 0.2) is 11.5 Å². The predicted octanol–water partition coefficient (Wildman–Crippen LogP) is 5.31. The third kappa shape index (κ3) is 4.87. The molecule has 4 aromatic rings. The van der Waals surface area contributed by atoms with Crippen molar-refractivity contribution in [3.63, 3.8) is 0 Å². The van der Waals surface area contributed by atoms with Crippen LogP contribution in [-0.4, -0.2) is 60.2 Å². The number of aryl methyl sites for hydroxylation is 2. The number of carbonyl (C=O) groups is 1. The summed E-state index contributed by atoms with van der Waals surface area (Å²) in [5, 5.41) is 1.16. The average Bonchev–Trinajstić information content (AvgIpc) is 3.51. The van der Waals surface area contributed by atoms with Crippen LogP contribution in [0.1, 0.15) is 27.2 Å². The van der Waals surface area contributed by atoms with E-state index in [-0.39, 0.29) is 5.91 Å². The third-order valence-electron chi connectivity index (χ3n) is 7.43. The van der Waals surface area contributed by atoms with Crippen molar-refractivity contribution >= 4 is 16.8 Å². The molecule has 0 radical (unpaired) electrons. The zero-order valence-corrected chi connectivity index (χ0v) is 21.3. The van der Waals surface area contributed by atoms with Crippen molar-refractivity contribution in [2.45, 2.75) is 20.3 Å². The van der Waals surface area contributed by atoms with Gasteiger partial charge in [-0.1, -0.05) is 6.07 Å². The molecule has 1 aromatic heterocycles. The van der Waals surface area contributed by atoms with Crippen LogP contribution >= 0.6 is 0 Å². The van der Waals surface area contributed by atoms with Crippen molar-refractivity contribution in [1.29, 1.82) is 0 Å². The Morgan fingerprint density at radius 3 is 2.46 bits per heavy atom. The second-order valence-electron chi connectivity index (χ2n) is 9.78. The minimum atomic E-state index is 0.0711. The van der Waals surface area contributed by atoms with E-state index < -0.39 is 0 Å². The largest absolute Gasteiger partial charge is 0.457 e. The van der Waals surface area contributed by atoms with Crippen LogP contribution in [0.25, 0.3) is 10.9 Å². The molecule has 0 saturated carbocycles. The summed E-state index contributed by atoms with van der Waals surface area (Å²) in [6, 6.07) is 19.6. The quantitative estimate of drug-likeness (QED) is 0.391. The molecular formula is C30H31N3O4. The highest BCUT2D eigenvalue weighted by atomic mass is 16.7. The van der Waals surface area contributed by atoms with Crippen LogP contribution in [0.4, 0.5) is 0 Å². The third-order valence-corrected chi connectivity index (χ3v) is 7.43. The minimum Gasteiger partial charge on any atom is -0.457 e. The molecule has 7 heteroatoms. The summed E-state index contributed by atoms with van der Waals surface area (Å²) >= 11 is 0. The number of fused-ring (bicyclic) bond motifs is 2. The summed E-state index contributed by atoms with van der Waals surface area (Å²) in [6.07, 6.45) is 0.947. The van der Waals surface area contributed by atoms with Gasteiger partial charge in [0, 0.05) is 54.9 Å². The van der Waals surface area contributed by atoms with Gasteiger partial charge in [-0.05, 0) is 86.0 Å². The molecular weight excluding hydrogens is 466 g/mol. The maximum absolute atomic E-state index is 13.1. The lowest BCUT2D eigenvalue weighted by atomic mass is 10.1. The Morgan fingerprint density at radius 2 is 1.65 bits per heavy atom. The molecule has 6 rings (SSSR count). The van der Waals surface area contributed by atoms with Gasteiger partial charge in [-0.2, -0.15) is 0 Å². The summed E-state index contributed by atoms with van der Waals surface area (Å²) in [5.74, 6) is 3.22. The summed E-state index contributed by atoms with van der Waals surface area (Å²) in [7, 11) is 0. The number of nitrogens with one attached hydrogen (secondary N) is 1. The van der Waals surface area contributed by atoms with Gasteiger partial charge in [0.25, 0.3) is 5.91 Å². The molecule has 37 heavy (non-hydrogen) atoms. The number of hydrogen-bond acceptors (Lipinski definition) is 5. The molecule has 0 spiro atoms. The Labute approximate surface area is 216 Å². The van der Waals surface area contributed by atoms with E-state index in [2.05, 4.69) is 41.9 Å². The molecule has 0 bridgehead atoms. The molecule has 0 aliphatic carbocycles. The van der Waals surface area contributed by atoms with Crippen molar-refractivity contribution in [3.05, 3.63) is 83.0 Å².